The fourth-order valence-corrected chi connectivity index (χ4v) is 4.56. The molecule has 2 atom stereocenters. The van der Waals surface area contributed by atoms with E-state index < -0.39 is 0 Å². The lowest BCUT2D eigenvalue weighted by molar-refractivity contribution is 0.450. The first-order valence-corrected chi connectivity index (χ1v) is 11.5. The maximum absolute atomic E-state index is 2.34. The molecule has 128 valence electrons. The van der Waals surface area contributed by atoms with Gasteiger partial charge in [0.15, 0.2) is 0 Å². The van der Waals surface area contributed by atoms with Crippen LogP contribution < -0.4 is 0 Å². The normalized spacial score (nSPS) is 13.3. The molecule has 1 heteroatoms. The minimum atomic E-state index is 1.06. The second kappa shape index (κ2) is 18.5. The summed E-state index contributed by atoms with van der Waals surface area (Å²) in [6.07, 6.45) is 23.5. The van der Waals surface area contributed by atoms with Crippen LogP contribution >= 0.6 is 8.58 Å². The molecule has 0 aromatic carbocycles. The number of hydrogen-bond acceptors (Lipinski definition) is 0. The van der Waals surface area contributed by atoms with Gasteiger partial charge in [-0.3, -0.25) is 0 Å². The predicted octanol–water partition coefficient (Wildman–Crippen LogP) is 7.80. The molecule has 0 radical (unpaired) electrons. The van der Waals surface area contributed by atoms with E-state index in [1.165, 1.54) is 105 Å². The van der Waals surface area contributed by atoms with Crippen LogP contribution in [0.1, 0.15) is 111 Å². The molecule has 0 nitrogen and oxygen atoms in total. The lowest BCUT2D eigenvalue weighted by Gasteiger charge is -2.16. The zero-order chi connectivity index (χ0) is 15.6. The molecule has 0 aliphatic rings. The molecule has 0 saturated carbocycles. The molecule has 0 bridgehead atoms. The summed E-state index contributed by atoms with van der Waals surface area (Å²) < 4.78 is 0. The Morgan fingerprint density at radius 3 is 1.76 bits per heavy atom. The average Bonchev–Trinajstić information content (AvgIpc) is 2.50. The summed E-state index contributed by atoms with van der Waals surface area (Å²) in [7, 11) is 1.25. The van der Waals surface area contributed by atoms with Crippen molar-refractivity contribution in [3.8, 4) is 0 Å². The van der Waals surface area contributed by atoms with Crippen molar-refractivity contribution in [2.24, 2.45) is 5.92 Å². The van der Waals surface area contributed by atoms with Gasteiger partial charge in [0.1, 0.15) is 0 Å². The van der Waals surface area contributed by atoms with E-state index in [0.717, 1.165) is 5.92 Å². The second-order valence-corrected chi connectivity index (χ2v) is 8.24. The van der Waals surface area contributed by atoms with Gasteiger partial charge in [0.25, 0.3) is 0 Å². The van der Waals surface area contributed by atoms with Gasteiger partial charge in [0.05, 0.1) is 0 Å². The lowest BCUT2D eigenvalue weighted by Crippen LogP contribution is -2.04. The van der Waals surface area contributed by atoms with E-state index in [1.807, 2.05) is 0 Å². The predicted molar refractivity (Wildman–Crippen MR) is 103 cm³/mol. The molecule has 0 rings (SSSR count). The summed E-state index contributed by atoms with van der Waals surface area (Å²) in [4.78, 5) is 0. The van der Waals surface area contributed by atoms with Gasteiger partial charge in [0.2, 0.25) is 0 Å². The number of hydrogen-bond donors (Lipinski definition) is 0. The fourth-order valence-electron chi connectivity index (χ4n) is 3.04. The highest BCUT2D eigenvalue weighted by Crippen LogP contribution is 2.26. The molecule has 0 spiro atoms. The SMILES string of the molecule is CCCCCCCCPCC(CCCC)CCCCCC. The topological polar surface area (TPSA) is 0 Å². The van der Waals surface area contributed by atoms with Crippen LogP contribution in [0.4, 0.5) is 0 Å². The molecule has 0 saturated heterocycles. The summed E-state index contributed by atoms with van der Waals surface area (Å²) in [6.45, 7) is 6.96. The third-order valence-corrected chi connectivity index (χ3v) is 6.15. The second-order valence-electron chi connectivity index (χ2n) is 6.83. The molecule has 0 amide bonds. The molecule has 0 aromatic rings. The van der Waals surface area contributed by atoms with Gasteiger partial charge in [0, 0.05) is 0 Å². The zero-order valence-electron chi connectivity index (χ0n) is 15.4. The van der Waals surface area contributed by atoms with Crippen molar-refractivity contribution >= 4 is 8.58 Å². The van der Waals surface area contributed by atoms with Crippen LogP contribution in [0.15, 0.2) is 0 Å². The molecule has 0 aliphatic carbocycles. The van der Waals surface area contributed by atoms with Gasteiger partial charge in [-0.05, 0) is 24.7 Å². The Morgan fingerprint density at radius 2 is 1.10 bits per heavy atom. The monoisotopic (exact) mass is 314 g/mol. The van der Waals surface area contributed by atoms with Crippen molar-refractivity contribution in [3.05, 3.63) is 0 Å². The number of unbranched alkanes of at least 4 members (excludes halogenated alkanes) is 9. The van der Waals surface area contributed by atoms with E-state index in [9.17, 15) is 0 Å². The van der Waals surface area contributed by atoms with Crippen LogP contribution in [0.5, 0.6) is 0 Å². The van der Waals surface area contributed by atoms with Gasteiger partial charge in [-0.2, -0.15) is 0 Å². The molecule has 21 heavy (non-hydrogen) atoms. The minimum Gasteiger partial charge on any atom is -0.122 e. The highest BCUT2D eigenvalue weighted by molar-refractivity contribution is 7.37. The third-order valence-electron chi connectivity index (χ3n) is 4.57. The number of rotatable bonds is 17. The maximum atomic E-state index is 2.34. The van der Waals surface area contributed by atoms with Crippen molar-refractivity contribution < 1.29 is 0 Å². The highest BCUT2D eigenvalue weighted by atomic mass is 31.1. The first kappa shape index (κ1) is 21.4. The largest absolute Gasteiger partial charge is 0.122 e. The van der Waals surface area contributed by atoms with E-state index in [-0.39, 0.29) is 0 Å². The minimum absolute atomic E-state index is 1.06. The Labute approximate surface area is 138 Å². The maximum Gasteiger partial charge on any atom is -0.0325 e. The Balaban J connectivity index is 3.51. The molecular weight excluding hydrogens is 271 g/mol. The van der Waals surface area contributed by atoms with E-state index >= 15 is 0 Å². The van der Waals surface area contributed by atoms with E-state index in [1.54, 1.807) is 6.16 Å². The first-order chi connectivity index (χ1) is 10.3. The zero-order valence-corrected chi connectivity index (χ0v) is 16.4. The summed E-state index contributed by atoms with van der Waals surface area (Å²) in [5.41, 5.74) is 0. The Kier molecular flexibility index (Phi) is 18.9. The molecule has 0 heterocycles. The van der Waals surface area contributed by atoms with Crippen LogP contribution in [0.3, 0.4) is 0 Å². The van der Waals surface area contributed by atoms with Gasteiger partial charge < -0.3 is 0 Å². The van der Waals surface area contributed by atoms with Crippen molar-refractivity contribution in [1.29, 1.82) is 0 Å². The van der Waals surface area contributed by atoms with Gasteiger partial charge in [-0.15, -0.1) is 8.58 Å². The quantitative estimate of drug-likeness (QED) is 0.190. The summed E-state index contributed by atoms with van der Waals surface area (Å²) in [5, 5.41) is 0. The van der Waals surface area contributed by atoms with Crippen LogP contribution in [0.25, 0.3) is 0 Å². The lowest BCUT2D eigenvalue weighted by atomic mass is 9.97. The molecule has 0 aliphatic heterocycles. The van der Waals surface area contributed by atoms with Crippen molar-refractivity contribution in [3.63, 3.8) is 0 Å². The van der Waals surface area contributed by atoms with Crippen LogP contribution in [0, 0.1) is 5.92 Å². The fraction of sp³-hybridized carbons (Fsp3) is 1.00. The smallest absolute Gasteiger partial charge is 0.0325 e. The van der Waals surface area contributed by atoms with E-state index in [4.69, 9.17) is 0 Å². The van der Waals surface area contributed by atoms with E-state index in [2.05, 4.69) is 20.8 Å². The summed E-state index contributed by atoms with van der Waals surface area (Å²) in [6, 6.07) is 0. The first-order valence-electron chi connectivity index (χ1n) is 10.1. The summed E-state index contributed by atoms with van der Waals surface area (Å²) in [5.74, 6) is 1.06. The molecule has 0 fully saturated rings. The van der Waals surface area contributed by atoms with Gasteiger partial charge in [-0.1, -0.05) is 104 Å². The van der Waals surface area contributed by atoms with Crippen LogP contribution in [-0.4, -0.2) is 12.3 Å². The van der Waals surface area contributed by atoms with Crippen LogP contribution in [-0.2, 0) is 0 Å². The molecular formula is C20H43P. The highest BCUT2D eigenvalue weighted by Gasteiger charge is 2.07. The van der Waals surface area contributed by atoms with Crippen LogP contribution in [0.2, 0.25) is 0 Å². The summed E-state index contributed by atoms with van der Waals surface area (Å²) >= 11 is 0. The van der Waals surface area contributed by atoms with Gasteiger partial charge in [-0.25, -0.2) is 0 Å². The molecule has 0 aromatic heterocycles. The Hall–Kier alpha value is 0.430. The standard InChI is InChI=1S/C20H43P/c1-4-7-10-12-13-15-18-21-19-20(16-9-6-3)17-14-11-8-5-2/h20-21H,4-19H2,1-3H3. The molecule has 2 unspecified atom stereocenters. The van der Waals surface area contributed by atoms with Crippen molar-refractivity contribution in [1.82, 2.24) is 0 Å². The van der Waals surface area contributed by atoms with Gasteiger partial charge >= 0.3 is 0 Å². The van der Waals surface area contributed by atoms with Crippen molar-refractivity contribution in [2.75, 3.05) is 12.3 Å². The Bertz CT molecular complexity index is 179. The average molecular weight is 315 g/mol. The third kappa shape index (κ3) is 16.6. The van der Waals surface area contributed by atoms with Crippen molar-refractivity contribution in [2.45, 2.75) is 111 Å². The Morgan fingerprint density at radius 1 is 0.571 bits per heavy atom. The molecule has 0 N–H and O–H groups in total. The van der Waals surface area contributed by atoms with E-state index in [0.29, 0.717) is 0 Å².